The van der Waals surface area contributed by atoms with Crippen molar-refractivity contribution in [3.05, 3.63) is 80.4 Å². The quantitative estimate of drug-likeness (QED) is 0.292. The second-order valence-corrected chi connectivity index (χ2v) is 8.56. The molecule has 0 aliphatic heterocycles. The first-order valence-electron chi connectivity index (χ1n) is 8.17. The van der Waals surface area contributed by atoms with Crippen LogP contribution >= 0.6 is 39.0 Å². The van der Waals surface area contributed by atoms with Crippen molar-refractivity contribution in [2.75, 3.05) is 7.11 Å². The van der Waals surface area contributed by atoms with Crippen LogP contribution in [0.5, 0.6) is 5.75 Å². The zero-order valence-electron chi connectivity index (χ0n) is 14.4. The zero-order chi connectivity index (χ0) is 18.8. The number of aromatic nitrogens is 2. The van der Waals surface area contributed by atoms with Gasteiger partial charge in [-0.3, -0.25) is 9.36 Å². The number of benzene rings is 2. The molecule has 7 heteroatoms. The highest BCUT2D eigenvalue weighted by atomic mass is 79.9. The minimum Gasteiger partial charge on any atom is -0.497 e. The minimum absolute atomic E-state index is 0.0431. The van der Waals surface area contributed by atoms with Crippen LogP contribution in [0.25, 0.3) is 15.9 Å². The van der Waals surface area contributed by atoms with E-state index < -0.39 is 0 Å². The number of halogens is 1. The normalized spacial score (nSPS) is 11.0. The fourth-order valence-corrected chi connectivity index (χ4v) is 4.67. The summed E-state index contributed by atoms with van der Waals surface area (Å²) in [5.74, 6) is 1.48. The average Bonchev–Trinajstić information content (AvgIpc) is 3.17. The molecule has 0 radical (unpaired) electrons. The van der Waals surface area contributed by atoms with Crippen LogP contribution in [0.15, 0.2) is 74.4 Å². The Bertz CT molecular complexity index is 1140. The highest BCUT2D eigenvalue weighted by Gasteiger charge is 2.14. The molecule has 4 nitrogen and oxygen atoms in total. The molecule has 0 saturated carbocycles. The van der Waals surface area contributed by atoms with Gasteiger partial charge in [-0.25, -0.2) is 4.98 Å². The first-order valence-corrected chi connectivity index (χ1v) is 10.8. The van der Waals surface area contributed by atoms with Gasteiger partial charge in [0.05, 0.1) is 18.3 Å². The Labute approximate surface area is 173 Å². The maximum Gasteiger partial charge on any atom is 0.276 e. The van der Waals surface area contributed by atoms with Crippen LogP contribution in [-0.4, -0.2) is 16.7 Å². The van der Waals surface area contributed by atoms with Crippen molar-refractivity contribution in [3.8, 4) is 11.4 Å². The third-order valence-electron chi connectivity index (χ3n) is 4.06. The fourth-order valence-electron chi connectivity index (χ4n) is 2.68. The van der Waals surface area contributed by atoms with E-state index in [0.717, 1.165) is 27.2 Å². The largest absolute Gasteiger partial charge is 0.497 e. The number of hydrogen-bond donors (Lipinski definition) is 0. The molecule has 0 unspecified atom stereocenters. The number of fused-ring (bicyclic) bond motifs is 1. The zero-order valence-corrected chi connectivity index (χ0v) is 17.6. The first kappa shape index (κ1) is 18.3. The molecular weight excluding hydrogens is 444 g/mol. The first-order chi connectivity index (χ1) is 13.2. The lowest BCUT2D eigenvalue weighted by atomic mass is 10.2. The predicted molar refractivity (Wildman–Crippen MR) is 115 cm³/mol. The van der Waals surface area contributed by atoms with Crippen LogP contribution in [0.4, 0.5) is 0 Å². The van der Waals surface area contributed by atoms with Crippen molar-refractivity contribution in [1.29, 1.82) is 0 Å². The van der Waals surface area contributed by atoms with Crippen LogP contribution in [0.1, 0.15) is 5.56 Å². The van der Waals surface area contributed by atoms with Crippen LogP contribution in [0.3, 0.4) is 0 Å². The Morgan fingerprint density at radius 1 is 1.11 bits per heavy atom. The molecule has 0 amide bonds. The highest BCUT2D eigenvalue weighted by molar-refractivity contribution is 9.10. The summed E-state index contributed by atoms with van der Waals surface area (Å²) < 4.78 is 8.62. The molecule has 27 heavy (non-hydrogen) atoms. The van der Waals surface area contributed by atoms with Gasteiger partial charge in [-0.2, -0.15) is 0 Å². The lowest BCUT2D eigenvalue weighted by Crippen LogP contribution is -2.20. The number of methoxy groups -OCH3 is 1. The number of ether oxygens (including phenoxy) is 1. The number of hydrogen-bond acceptors (Lipinski definition) is 5. The van der Waals surface area contributed by atoms with Crippen molar-refractivity contribution in [1.82, 2.24) is 9.55 Å². The molecule has 2 aromatic carbocycles. The number of rotatable bonds is 5. The van der Waals surface area contributed by atoms with Crippen molar-refractivity contribution in [3.63, 3.8) is 0 Å². The molecule has 0 atom stereocenters. The molecular formula is C20H15BrN2O2S2. The summed E-state index contributed by atoms with van der Waals surface area (Å²) in [6, 6.07) is 17.5. The van der Waals surface area contributed by atoms with E-state index in [2.05, 4.69) is 28.1 Å². The second-order valence-electron chi connectivity index (χ2n) is 5.78. The topological polar surface area (TPSA) is 44.1 Å². The summed E-state index contributed by atoms with van der Waals surface area (Å²) >= 11 is 6.43. The van der Waals surface area contributed by atoms with E-state index >= 15 is 0 Å². The van der Waals surface area contributed by atoms with E-state index in [4.69, 9.17) is 9.72 Å². The monoisotopic (exact) mass is 458 g/mol. The fraction of sp³-hybridized carbons (Fsp3) is 0.100. The molecule has 136 valence electrons. The Kier molecular flexibility index (Phi) is 5.33. The Morgan fingerprint density at radius 3 is 2.56 bits per heavy atom. The van der Waals surface area contributed by atoms with Gasteiger partial charge in [-0.05, 0) is 53.4 Å². The van der Waals surface area contributed by atoms with Crippen molar-refractivity contribution in [2.24, 2.45) is 0 Å². The van der Waals surface area contributed by atoms with Gasteiger partial charge in [0.15, 0.2) is 5.16 Å². The van der Waals surface area contributed by atoms with Crippen molar-refractivity contribution >= 4 is 49.2 Å². The van der Waals surface area contributed by atoms with Gasteiger partial charge >= 0.3 is 0 Å². The van der Waals surface area contributed by atoms with Gasteiger partial charge in [-0.15, -0.1) is 11.3 Å². The van der Waals surface area contributed by atoms with Gasteiger partial charge in [0.25, 0.3) is 5.56 Å². The van der Waals surface area contributed by atoms with E-state index in [1.807, 2.05) is 47.8 Å². The standard InChI is InChI=1S/C20H15BrN2O2S2/c1-25-16-8-6-15(7-9-16)23-19(24)18-17(10-11-26-18)22-20(23)27-12-13-2-4-14(21)5-3-13/h2-11H,12H2,1H3. The summed E-state index contributed by atoms with van der Waals surface area (Å²) in [5, 5.41) is 2.58. The summed E-state index contributed by atoms with van der Waals surface area (Å²) in [6.45, 7) is 0. The van der Waals surface area contributed by atoms with Crippen molar-refractivity contribution < 1.29 is 4.74 Å². The molecule has 0 saturated heterocycles. The molecule has 0 bridgehead atoms. The van der Waals surface area contributed by atoms with Crippen LogP contribution < -0.4 is 10.3 Å². The maximum atomic E-state index is 13.1. The van der Waals surface area contributed by atoms with E-state index in [9.17, 15) is 4.79 Å². The summed E-state index contributed by atoms with van der Waals surface area (Å²) in [5.41, 5.74) is 2.65. The Morgan fingerprint density at radius 2 is 1.85 bits per heavy atom. The lowest BCUT2D eigenvalue weighted by molar-refractivity contribution is 0.414. The molecule has 0 N–H and O–H groups in total. The number of thiophene rings is 1. The third-order valence-corrected chi connectivity index (χ3v) is 6.49. The van der Waals surface area contributed by atoms with Gasteiger partial charge in [0.2, 0.25) is 0 Å². The molecule has 4 rings (SSSR count). The SMILES string of the molecule is COc1ccc(-n2c(SCc3ccc(Br)cc3)nc3ccsc3c2=O)cc1. The van der Waals surface area contributed by atoms with Crippen molar-refractivity contribution in [2.45, 2.75) is 10.9 Å². The average molecular weight is 459 g/mol. The molecule has 4 aromatic rings. The molecule has 0 spiro atoms. The van der Waals surface area contributed by atoms with E-state index in [0.29, 0.717) is 9.86 Å². The number of thioether (sulfide) groups is 1. The summed E-state index contributed by atoms with van der Waals surface area (Å²) in [6.07, 6.45) is 0. The van der Waals surface area contributed by atoms with Crippen LogP contribution in [-0.2, 0) is 5.75 Å². The predicted octanol–water partition coefficient (Wildman–Crippen LogP) is 5.51. The molecule has 2 heterocycles. The van der Waals surface area contributed by atoms with E-state index in [1.165, 1.54) is 16.9 Å². The van der Waals surface area contributed by atoms with E-state index in [-0.39, 0.29) is 5.56 Å². The minimum atomic E-state index is -0.0431. The molecule has 0 aliphatic carbocycles. The number of nitrogens with zero attached hydrogens (tertiary/aromatic N) is 2. The molecule has 0 fully saturated rings. The van der Waals surface area contributed by atoms with Gasteiger partial charge < -0.3 is 4.74 Å². The van der Waals surface area contributed by atoms with Crippen LogP contribution in [0, 0.1) is 0 Å². The van der Waals surface area contributed by atoms with Crippen LogP contribution in [0.2, 0.25) is 0 Å². The second kappa shape index (κ2) is 7.88. The molecule has 0 aliphatic rings. The molecule has 2 aromatic heterocycles. The highest BCUT2D eigenvalue weighted by Crippen LogP contribution is 2.27. The Balaban J connectivity index is 1.77. The Hall–Kier alpha value is -2.09. The van der Waals surface area contributed by atoms with Gasteiger partial charge in [0.1, 0.15) is 10.4 Å². The van der Waals surface area contributed by atoms with Gasteiger partial charge in [-0.1, -0.05) is 39.8 Å². The summed E-state index contributed by atoms with van der Waals surface area (Å²) in [7, 11) is 1.62. The maximum absolute atomic E-state index is 13.1. The lowest BCUT2D eigenvalue weighted by Gasteiger charge is -2.12. The third kappa shape index (κ3) is 3.81. The van der Waals surface area contributed by atoms with E-state index in [1.54, 1.807) is 23.4 Å². The smallest absolute Gasteiger partial charge is 0.276 e. The summed E-state index contributed by atoms with van der Waals surface area (Å²) in [4.78, 5) is 17.8. The van der Waals surface area contributed by atoms with Gasteiger partial charge in [0, 0.05) is 10.2 Å².